The highest BCUT2D eigenvalue weighted by atomic mass is 19.1. The third-order valence-corrected chi connectivity index (χ3v) is 4.28. The molecular weight excluding hydrogens is 331 g/mol. The number of anilines is 1. The first kappa shape index (κ1) is 17.4. The number of hydrogen-bond acceptors (Lipinski definition) is 5. The molecular formula is C17H19FN2O5. The van der Waals surface area contributed by atoms with Crippen LogP contribution in [0.2, 0.25) is 0 Å². The highest BCUT2D eigenvalue weighted by Gasteiger charge is 2.27. The molecule has 3 rings (SSSR count). The number of ether oxygens (including phenoxy) is 2. The van der Waals surface area contributed by atoms with Crippen molar-refractivity contribution in [3.05, 3.63) is 39.9 Å². The molecule has 0 amide bonds. The van der Waals surface area contributed by atoms with Crippen molar-refractivity contribution >= 4 is 22.6 Å². The number of carboxylic acid groups (broad SMARTS) is 1. The van der Waals surface area contributed by atoms with Crippen LogP contribution in [-0.4, -0.2) is 42.7 Å². The van der Waals surface area contributed by atoms with Crippen LogP contribution >= 0.6 is 0 Å². The normalized spacial score (nSPS) is 14.2. The molecule has 7 nitrogen and oxygen atoms in total. The summed E-state index contributed by atoms with van der Waals surface area (Å²) in [6.07, 6.45) is 2.59. The maximum absolute atomic E-state index is 14.4. The van der Waals surface area contributed by atoms with E-state index in [-0.39, 0.29) is 29.2 Å². The fourth-order valence-corrected chi connectivity index (χ4v) is 2.77. The molecule has 8 heteroatoms. The standard InChI is InChI=1S/C17H19FN2O5/c1-24-15(25-2)7-19-13-6-14-10(5-12(13)18)16(21)11(17(22)23)8-20(14)9-3-4-9/h5-6,8-9,15,19H,3-4,7H2,1-2H3,(H,22,23). The van der Waals surface area contributed by atoms with E-state index in [1.165, 1.54) is 26.5 Å². The monoisotopic (exact) mass is 350 g/mol. The number of halogens is 1. The molecule has 25 heavy (non-hydrogen) atoms. The Morgan fingerprint density at radius 1 is 1.40 bits per heavy atom. The fourth-order valence-electron chi connectivity index (χ4n) is 2.77. The highest BCUT2D eigenvalue weighted by molar-refractivity contribution is 5.93. The lowest BCUT2D eigenvalue weighted by Gasteiger charge is -2.17. The summed E-state index contributed by atoms with van der Waals surface area (Å²) >= 11 is 0. The molecule has 1 aromatic heterocycles. The number of carbonyl (C=O) groups is 1. The predicted molar refractivity (Wildman–Crippen MR) is 89.7 cm³/mol. The molecule has 1 fully saturated rings. The van der Waals surface area contributed by atoms with Crippen molar-refractivity contribution in [1.29, 1.82) is 0 Å². The fraction of sp³-hybridized carbons (Fsp3) is 0.412. The highest BCUT2D eigenvalue weighted by Crippen LogP contribution is 2.37. The van der Waals surface area contributed by atoms with Gasteiger partial charge in [0.05, 0.1) is 17.7 Å². The first-order valence-electron chi connectivity index (χ1n) is 7.87. The Balaban J connectivity index is 2.09. The number of aromatic nitrogens is 1. The second-order valence-electron chi connectivity index (χ2n) is 5.95. The van der Waals surface area contributed by atoms with E-state index < -0.39 is 23.5 Å². The number of methoxy groups -OCH3 is 2. The molecule has 1 aliphatic carbocycles. The van der Waals surface area contributed by atoms with Crippen molar-refractivity contribution < 1.29 is 23.8 Å². The van der Waals surface area contributed by atoms with Crippen LogP contribution in [0.5, 0.6) is 0 Å². The Hall–Kier alpha value is -2.45. The van der Waals surface area contributed by atoms with E-state index in [1.54, 1.807) is 4.57 Å². The number of carboxylic acids is 1. The largest absolute Gasteiger partial charge is 0.477 e. The smallest absolute Gasteiger partial charge is 0.341 e. The van der Waals surface area contributed by atoms with Crippen molar-refractivity contribution in [3.8, 4) is 0 Å². The number of aromatic carboxylic acids is 1. The zero-order chi connectivity index (χ0) is 18.1. The van der Waals surface area contributed by atoms with Gasteiger partial charge in [-0.15, -0.1) is 0 Å². The summed E-state index contributed by atoms with van der Waals surface area (Å²) in [7, 11) is 2.95. The van der Waals surface area contributed by atoms with Crippen molar-refractivity contribution in [2.24, 2.45) is 0 Å². The zero-order valence-electron chi connectivity index (χ0n) is 13.9. The van der Waals surface area contributed by atoms with E-state index in [1.807, 2.05) is 0 Å². The molecule has 2 N–H and O–H groups in total. The van der Waals surface area contributed by atoms with Gasteiger partial charge < -0.3 is 24.5 Å². The summed E-state index contributed by atoms with van der Waals surface area (Å²) in [6, 6.07) is 2.74. The number of fused-ring (bicyclic) bond motifs is 1. The van der Waals surface area contributed by atoms with E-state index >= 15 is 0 Å². The Kier molecular flexibility index (Phi) is 4.73. The Morgan fingerprint density at radius 2 is 2.08 bits per heavy atom. The van der Waals surface area contributed by atoms with Crippen LogP contribution in [0.1, 0.15) is 29.2 Å². The molecule has 0 unspecified atom stereocenters. The Morgan fingerprint density at radius 3 is 2.64 bits per heavy atom. The van der Waals surface area contributed by atoms with Gasteiger partial charge in [-0.1, -0.05) is 0 Å². The summed E-state index contributed by atoms with van der Waals surface area (Å²) in [5, 5.41) is 12.2. The number of rotatable bonds is 7. The lowest BCUT2D eigenvalue weighted by atomic mass is 10.1. The number of benzene rings is 1. The summed E-state index contributed by atoms with van der Waals surface area (Å²) < 4.78 is 26.3. The minimum absolute atomic E-state index is 0.0601. The van der Waals surface area contributed by atoms with Gasteiger partial charge in [-0.2, -0.15) is 0 Å². The lowest BCUT2D eigenvalue weighted by molar-refractivity contribution is -0.0914. The molecule has 1 aliphatic rings. The van der Waals surface area contributed by atoms with Gasteiger partial charge in [-0.05, 0) is 25.0 Å². The second-order valence-corrected chi connectivity index (χ2v) is 5.95. The van der Waals surface area contributed by atoms with Gasteiger partial charge in [0.25, 0.3) is 0 Å². The van der Waals surface area contributed by atoms with Crippen LogP contribution < -0.4 is 10.7 Å². The average molecular weight is 350 g/mol. The maximum Gasteiger partial charge on any atom is 0.341 e. The average Bonchev–Trinajstić information content (AvgIpc) is 3.41. The lowest BCUT2D eigenvalue weighted by Crippen LogP contribution is -2.24. The molecule has 0 bridgehead atoms. The van der Waals surface area contributed by atoms with E-state index in [9.17, 15) is 19.1 Å². The maximum atomic E-state index is 14.4. The number of pyridine rings is 1. The van der Waals surface area contributed by atoms with Gasteiger partial charge in [-0.25, -0.2) is 9.18 Å². The topological polar surface area (TPSA) is 89.8 Å². The molecule has 1 heterocycles. The predicted octanol–water partition coefficient (Wildman–Crippen LogP) is 2.20. The van der Waals surface area contributed by atoms with Gasteiger partial charge in [0, 0.05) is 31.8 Å². The van der Waals surface area contributed by atoms with Crippen molar-refractivity contribution in [1.82, 2.24) is 4.57 Å². The number of hydrogen-bond donors (Lipinski definition) is 2. The molecule has 134 valence electrons. The van der Waals surface area contributed by atoms with Crippen molar-refractivity contribution in [2.45, 2.75) is 25.2 Å². The molecule has 1 saturated carbocycles. The van der Waals surface area contributed by atoms with Crippen LogP contribution in [0.25, 0.3) is 10.9 Å². The summed E-state index contributed by atoms with van der Waals surface area (Å²) in [5.41, 5.74) is -0.328. The van der Waals surface area contributed by atoms with E-state index in [0.717, 1.165) is 18.9 Å². The van der Waals surface area contributed by atoms with Crippen LogP contribution in [0.4, 0.5) is 10.1 Å². The summed E-state index contributed by atoms with van der Waals surface area (Å²) in [5.74, 6) is -1.95. The van der Waals surface area contributed by atoms with Crippen LogP contribution in [0.3, 0.4) is 0 Å². The third-order valence-electron chi connectivity index (χ3n) is 4.28. The van der Waals surface area contributed by atoms with E-state index in [4.69, 9.17) is 9.47 Å². The van der Waals surface area contributed by atoms with E-state index in [2.05, 4.69) is 5.32 Å². The van der Waals surface area contributed by atoms with Gasteiger partial charge in [-0.3, -0.25) is 4.79 Å². The van der Waals surface area contributed by atoms with Crippen LogP contribution in [-0.2, 0) is 9.47 Å². The minimum atomic E-state index is -1.31. The Labute approximate surface area is 143 Å². The molecule has 0 spiro atoms. The molecule has 0 radical (unpaired) electrons. The second kappa shape index (κ2) is 6.81. The van der Waals surface area contributed by atoms with Gasteiger partial charge in [0.2, 0.25) is 5.43 Å². The number of nitrogens with zero attached hydrogens (tertiary/aromatic N) is 1. The summed E-state index contributed by atoms with van der Waals surface area (Å²) in [4.78, 5) is 23.7. The molecule has 0 aliphatic heterocycles. The molecule has 0 saturated heterocycles. The van der Waals surface area contributed by atoms with Crippen molar-refractivity contribution in [2.75, 3.05) is 26.1 Å². The quantitative estimate of drug-likeness (QED) is 0.744. The minimum Gasteiger partial charge on any atom is -0.477 e. The van der Waals surface area contributed by atoms with Crippen LogP contribution in [0.15, 0.2) is 23.1 Å². The van der Waals surface area contributed by atoms with Gasteiger partial charge >= 0.3 is 5.97 Å². The molecule has 1 aromatic carbocycles. The van der Waals surface area contributed by atoms with Crippen molar-refractivity contribution in [3.63, 3.8) is 0 Å². The third kappa shape index (κ3) is 3.35. The van der Waals surface area contributed by atoms with Gasteiger partial charge in [0.1, 0.15) is 11.4 Å². The zero-order valence-corrected chi connectivity index (χ0v) is 13.9. The first-order valence-corrected chi connectivity index (χ1v) is 7.87. The number of nitrogens with one attached hydrogen (secondary N) is 1. The van der Waals surface area contributed by atoms with E-state index in [0.29, 0.717) is 5.52 Å². The Bertz CT molecular complexity index is 871. The SMILES string of the molecule is COC(CNc1cc2c(cc1F)c(=O)c(C(=O)O)cn2C1CC1)OC. The summed E-state index contributed by atoms with van der Waals surface area (Å²) in [6.45, 7) is 0.219. The molecule has 2 aromatic rings. The van der Waals surface area contributed by atoms with Crippen LogP contribution in [0, 0.1) is 5.82 Å². The first-order chi connectivity index (χ1) is 12.0. The van der Waals surface area contributed by atoms with Gasteiger partial charge in [0.15, 0.2) is 6.29 Å². The molecule has 0 atom stereocenters.